The minimum absolute atomic E-state index is 0.0103. The Hall–Kier alpha value is -2.08. The van der Waals surface area contributed by atoms with Gasteiger partial charge in [-0.15, -0.1) is 0 Å². The standard InChI is InChI=1S/C18H23N3O3/c22-17-14-2-1-11-21(14)18(23)16-15(8-10-19-16)24-13-5-3-12(4-6-13)7-9-20-17/h3-6,14-16,19H,1-2,7-11H2,(H,20,22). The van der Waals surface area contributed by atoms with Gasteiger partial charge < -0.3 is 20.3 Å². The van der Waals surface area contributed by atoms with Crippen molar-refractivity contribution in [2.45, 2.75) is 43.9 Å². The van der Waals surface area contributed by atoms with Crippen LogP contribution in [0.5, 0.6) is 5.75 Å². The molecule has 1 aromatic carbocycles. The van der Waals surface area contributed by atoms with Gasteiger partial charge in [-0.1, -0.05) is 12.1 Å². The maximum absolute atomic E-state index is 13.0. The number of carbonyl (C=O) groups is 2. The molecule has 128 valence electrons. The van der Waals surface area contributed by atoms with Crippen LogP contribution in [0, 0.1) is 0 Å². The summed E-state index contributed by atoms with van der Waals surface area (Å²) in [5, 5.41) is 6.25. The molecule has 4 aliphatic heterocycles. The lowest BCUT2D eigenvalue weighted by Gasteiger charge is -2.29. The Labute approximate surface area is 141 Å². The van der Waals surface area contributed by atoms with Crippen molar-refractivity contribution in [2.75, 3.05) is 19.6 Å². The summed E-state index contributed by atoms with van der Waals surface area (Å²) in [6.07, 6.45) is 3.00. The van der Waals surface area contributed by atoms with Gasteiger partial charge >= 0.3 is 0 Å². The highest BCUT2D eigenvalue weighted by Crippen LogP contribution is 2.24. The van der Waals surface area contributed by atoms with Crippen LogP contribution in [0.25, 0.3) is 0 Å². The topological polar surface area (TPSA) is 70.7 Å². The van der Waals surface area contributed by atoms with Crippen LogP contribution in [0.4, 0.5) is 0 Å². The Bertz CT molecular complexity index is 631. The smallest absolute Gasteiger partial charge is 0.244 e. The van der Waals surface area contributed by atoms with Crippen LogP contribution in [0.3, 0.4) is 0 Å². The summed E-state index contributed by atoms with van der Waals surface area (Å²) in [5.74, 6) is 0.748. The molecule has 2 bridgehead atoms. The lowest BCUT2D eigenvalue weighted by Crippen LogP contribution is -2.54. The first-order valence-corrected chi connectivity index (χ1v) is 8.79. The van der Waals surface area contributed by atoms with Crippen LogP contribution < -0.4 is 15.4 Å². The number of nitrogens with zero attached hydrogens (tertiary/aromatic N) is 1. The molecule has 2 N–H and O–H groups in total. The van der Waals surface area contributed by atoms with Gasteiger partial charge in [-0.25, -0.2) is 0 Å². The first-order chi connectivity index (χ1) is 11.7. The van der Waals surface area contributed by atoms with E-state index in [1.54, 1.807) is 4.90 Å². The molecule has 4 heterocycles. The Balaban J connectivity index is 1.64. The van der Waals surface area contributed by atoms with Crippen LogP contribution in [0.15, 0.2) is 24.3 Å². The molecule has 5 rings (SSSR count). The van der Waals surface area contributed by atoms with Crippen LogP contribution >= 0.6 is 0 Å². The van der Waals surface area contributed by atoms with Crippen LogP contribution in [0.2, 0.25) is 0 Å². The number of ether oxygens (including phenoxy) is 1. The third-order valence-corrected chi connectivity index (χ3v) is 5.19. The molecule has 0 aromatic heterocycles. The molecule has 0 saturated carbocycles. The molecule has 1 aromatic rings. The van der Waals surface area contributed by atoms with Crippen molar-refractivity contribution in [3.05, 3.63) is 29.8 Å². The van der Waals surface area contributed by atoms with Gasteiger partial charge in [-0.2, -0.15) is 0 Å². The Morgan fingerprint density at radius 1 is 1.08 bits per heavy atom. The fourth-order valence-corrected chi connectivity index (χ4v) is 3.89. The zero-order valence-corrected chi connectivity index (χ0v) is 13.7. The average molecular weight is 329 g/mol. The third-order valence-electron chi connectivity index (χ3n) is 5.19. The predicted molar refractivity (Wildman–Crippen MR) is 88.7 cm³/mol. The van der Waals surface area contributed by atoms with Crippen LogP contribution in [-0.2, 0) is 16.0 Å². The van der Waals surface area contributed by atoms with Gasteiger partial charge in [0.1, 0.15) is 23.9 Å². The molecule has 0 spiro atoms. The highest BCUT2D eigenvalue weighted by Gasteiger charge is 2.42. The van der Waals surface area contributed by atoms with Crippen molar-refractivity contribution in [1.82, 2.24) is 15.5 Å². The van der Waals surface area contributed by atoms with E-state index < -0.39 is 0 Å². The second-order valence-corrected chi connectivity index (χ2v) is 6.75. The van der Waals surface area contributed by atoms with Crippen molar-refractivity contribution in [1.29, 1.82) is 0 Å². The number of carbonyl (C=O) groups excluding carboxylic acids is 2. The molecular formula is C18H23N3O3. The van der Waals surface area contributed by atoms with Gasteiger partial charge in [0.25, 0.3) is 0 Å². The predicted octanol–water partition coefficient (Wildman–Crippen LogP) is 0.459. The first kappa shape index (κ1) is 15.4. The van der Waals surface area contributed by atoms with Gasteiger partial charge in [-0.3, -0.25) is 9.59 Å². The van der Waals surface area contributed by atoms with Gasteiger partial charge in [0.05, 0.1) is 0 Å². The number of fused-ring (bicyclic) bond motifs is 5. The SMILES string of the molecule is O=C1NCCc2ccc(cc2)OC2CCNC2C(=O)N2CCCC12. The van der Waals surface area contributed by atoms with Gasteiger partial charge in [0.2, 0.25) is 11.8 Å². The van der Waals surface area contributed by atoms with E-state index >= 15 is 0 Å². The monoisotopic (exact) mass is 329 g/mol. The lowest BCUT2D eigenvalue weighted by atomic mass is 10.1. The average Bonchev–Trinajstić information content (AvgIpc) is 3.24. The van der Waals surface area contributed by atoms with E-state index in [0.717, 1.165) is 38.0 Å². The molecular weight excluding hydrogens is 306 g/mol. The number of nitrogens with one attached hydrogen (secondary N) is 2. The molecule has 3 atom stereocenters. The summed E-state index contributed by atoms with van der Waals surface area (Å²) >= 11 is 0. The van der Waals surface area contributed by atoms with E-state index in [1.165, 1.54) is 5.56 Å². The van der Waals surface area contributed by atoms with Gasteiger partial charge in [0, 0.05) is 13.1 Å². The number of hydrogen-bond acceptors (Lipinski definition) is 4. The van der Waals surface area contributed by atoms with Crippen LogP contribution in [0.1, 0.15) is 24.8 Å². The normalized spacial score (nSPS) is 30.3. The fraction of sp³-hybridized carbons (Fsp3) is 0.556. The van der Waals surface area contributed by atoms with Crippen molar-refractivity contribution in [3.8, 4) is 5.75 Å². The Morgan fingerprint density at radius 3 is 2.75 bits per heavy atom. The second-order valence-electron chi connectivity index (χ2n) is 6.75. The van der Waals surface area contributed by atoms with Gasteiger partial charge in [-0.05, 0) is 49.9 Å². The first-order valence-electron chi connectivity index (χ1n) is 8.79. The minimum atomic E-state index is -0.374. The fourth-order valence-electron chi connectivity index (χ4n) is 3.89. The number of amides is 2. The number of benzene rings is 1. The molecule has 24 heavy (non-hydrogen) atoms. The molecule has 2 fully saturated rings. The van der Waals surface area contributed by atoms with Gasteiger partial charge in [0.15, 0.2) is 0 Å². The lowest BCUT2D eigenvalue weighted by molar-refractivity contribution is -0.141. The van der Waals surface area contributed by atoms with Crippen LogP contribution in [-0.4, -0.2) is 54.5 Å². The molecule has 2 saturated heterocycles. The highest BCUT2D eigenvalue weighted by molar-refractivity contribution is 5.91. The molecule has 2 amide bonds. The second kappa shape index (κ2) is 6.43. The minimum Gasteiger partial charge on any atom is -0.488 e. The third kappa shape index (κ3) is 2.86. The van der Waals surface area contributed by atoms with Crippen molar-refractivity contribution >= 4 is 11.8 Å². The summed E-state index contributed by atoms with van der Waals surface area (Å²) in [6.45, 7) is 1.99. The quantitative estimate of drug-likeness (QED) is 0.725. The van der Waals surface area contributed by atoms with Crippen molar-refractivity contribution in [2.24, 2.45) is 0 Å². The number of hydrogen-bond donors (Lipinski definition) is 2. The molecule has 0 radical (unpaired) electrons. The largest absolute Gasteiger partial charge is 0.488 e. The van der Waals surface area contributed by atoms with E-state index in [1.807, 2.05) is 24.3 Å². The zero-order valence-electron chi connectivity index (χ0n) is 13.7. The van der Waals surface area contributed by atoms with E-state index in [2.05, 4.69) is 10.6 Å². The molecule has 0 aliphatic carbocycles. The maximum atomic E-state index is 13.0. The molecule has 4 aliphatic rings. The Morgan fingerprint density at radius 2 is 1.92 bits per heavy atom. The van der Waals surface area contributed by atoms with Crippen molar-refractivity contribution < 1.29 is 14.3 Å². The van der Waals surface area contributed by atoms with E-state index in [0.29, 0.717) is 13.1 Å². The number of rotatable bonds is 0. The highest BCUT2D eigenvalue weighted by atomic mass is 16.5. The molecule has 3 unspecified atom stereocenters. The summed E-state index contributed by atoms with van der Waals surface area (Å²) < 4.78 is 6.07. The molecule has 6 heteroatoms. The maximum Gasteiger partial charge on any atom is 0.244 e. The summed E-state index contributed by atoms with van der Waals surface area (Å²) in [4.78, 5) is 27.2. The van der Waals surface area contributed by atoms with E-state index in [-0.39, 0.29) is 30.0 Å². The van der Waals surface area contributed by atoms with Crippen molar-refractivity contribution in [3.63, 3.8) is 0 Å². The summed E-state index contributed by atoms with van der Waals surface area (Å²) in [6, 6.07) is 7.22. The van der Waals surface area contributed by atoms with E-state index in [9.17, 15) is 9.59 Å². The Kier molecular flexibility index (Phi) is 4.14. The zero-order chi connectivity index (χ0) is 16.5. The molecule has 6 nitrogen and oxygen atoms in total. The summed E-state index contributed by atoms with van der Waals surface area (Å²) in [7, 11) is 0. The van der Waals surface area contributed by atoms with E-state index in [4.69, 9.17) is 4.74 Å². The summed E-state index contributed by atoms with van der Waals surface area (Å²) in [5.41, 5.74) is 1.17.